The first-order chi connectivity index (χ1) is 13.0. The lowest BCUT2D eigenvalue weighted by Gasteiger charge is -2.18. The van der Waals surface area contributed by atoms with Crippen LogP contribution in [-0.4, -0.2) is 30.8 Å². The van der Waals surface area contributed by atoms with Crippen molar-refractivity contribution in [1.82, 2.24) is 0 Å². The van der Waals surface area contributed by atoms with Crippen LogP contribution < -0.4 is 0 Å². The van der Waals surface area contributed by atoms with E-state index in [0.717, 1.165) is 35.1 Å². The van der Waals surface area contributed by atoms with Crippen LogP contribution >= 0.6 is 0 Å². The summed E-state index contributed by atoms with van der Waals surface area (Å²) >= 11 is 0. The first-order valence-electron chi connectivity index (χ1n) is 9.11. The van der Waals surface area contributed by atoms with Gasteiger partial charge in [0.1, 0.15) is 0 Å². The van der Waals surface area contributed by atoms with Crippen molar-refractivity contribution < 1.29 is 24.2 Å². The predicted molar refractivity (Wildman–Crippen MR) is 101 cm³/mol. The van der Waals surface area contributed by atoms with E-state index in [1.54, 1.807) is 19.1 Å². The van der Waals surface area contributed by atoms with E-state index >= 15 is 0 Å². The topological polar surface area (TPSA) is 72.8 Å². The normalized spacial score (nSPS) is 14.5. The number of methoxy groups -OCH3 is 1. The van der Waals surface area contributed by atoms with Crippen molar-refractivity contribution in [3.05, 3.63) is 59.2 Å². The minimum atomic E-state index is -0.377. The molecule has 0 radical (unpaired) electrons. The van der Waals surface area contributed by atoms with Crippen LogP contribution in [0.4, 0.5) is 0 Å². The molecule has 27 heavy (non-hydrogen) atoms. The Morgan fingerprint density at radius 2 is 1.78 bits per heavy atom. The average Bonchev–Trinajstić information content (AvgIpc) is 3.47. The lowest BCUT2D eigenvalue weighted by molar-refractivity contribution is -0.143. The third-order valence-corrected chi connectivity index (χ3v) is 5.07. The molecular weight excluding hydrogens is 344 g/mol. The van der Waals surface area contributed by atoms with E-state index in [0.29, 0.717) is 18.6 Å². The number of benzene rings is 2. The highest BCUT2D eigenvalue weighted by atomic mass is 16.5. The van der Waals surface area contributed by atoms with Gasteiger partial charge in [-0.1, -0.05) is 24.3 Å². The lowest BCUT2D eigenvalue weighted by atomic mass is 9.88. The first-order valence-corrected chi connectivity index (χ1v) is 9.11. The number of carbonyl (C=O) groups excluding carboxylic acids is 2. The van der Waals surface area contributed by atoms with Crippen molar-refractivity contribution in [2.45, 2.75) is 38.2 Å². The smallest absolute Gasteiger partial charge is 0.337 e. The Labute approximate surface area is 158 Å². The molecule has 0 saturated heterocycles. The van der Waals surface area contributed by atoms with Crippen molar-refractivity contribution in [1.29, 1.82) is 0 Å². The Kier molecular flexibility index (Phi) is 5.61. The van der Waals surface area contributed by atoms with Gasteiger partial charge in [0, 0.05) is 5.41 Å². The molecule has 0 amide bonds. The van der Waals surface area contributed by atoms with Gasteiger partial charge in [0.25, 0.3) is 0 Å². The minimum absolute atomic E-state index is 0.0728. The highest BCUT2D eigenvalue weighted by Gasteiger charge is 2.46. The maximum absolute atomic E-state index is 12.0. The van der Waals surface area contributed by atoms with Crippen LogP contribution in [0.5, 0.6) is 0 Å². The zero-order valence-corrected chi connectivity index (χ0v) is 15.7. The van der Waals surface area contributed by atoms with Crippen LogP contribution in [0.1, 0.15) is 47.7 Å². The lowest BCUT2D eigenvalue weighted by Crippen LogP contribution is -2.16. The van der Waals surface area contributed by atoms with E-state index in [4.69, 9.17) is 9.47 Å². The standard InChI is InChI=1S/C22H24O5/c1-3-27-20(24)13-22(8-9-22)19-11-15(14-23)10-18(12-19)16-4-6-17(7-5-16)21(25)26-2/h4-7,10-12,23H,3,8-9,13-14H2,1-2H3. The Morgan fingerprint density at radius 1 is 1.07 bits per heavy atom. The SMILES string of the molecule is CCOC(=O)CC1(c2cc(CO)cc(-c3ccc(C(=O)OC)cc3)c2)CC1. The fourth-order valence-corrected chi connectivity index (χ4v) is 3.38. The van der Waals surface area contributed by atoms with E-state index in [1.165, 1.54) is 7.11 Å². The van der Waals surface area contributed by atoms with Crippen molar-refractivity contribution in [2.24, 2.45) is 0 Å². The molecule has 0 atom stereocenters. The molecule has 1 aliphatic carbocycles. The fourth-order valence-electron chi connectivity index (χ4n) is 3.38. The molecule has 1 fully saturated rings. The van der Waals surface area contributed by atoms with Gasteiger partial charge in [0.05, 0.1) is 32.3 Å². The quantitative estimate of drug-likeness (QED) is 0.756. The van der Waals surface area contributed by atoms with Gasteiger partial charge in [-0.15, -0.1) is 0 Å². The van der Waals surface area contributed by atoms with Crippen molar-refractivity contribution in [3.8, 4) is 11.1 Å². The maximum Gasteiger partial charge on any atom is 0.337 e. The Morgan fingerprint density at radius 3 is 2.33 bits per heavy atom. The average molecular weight is 368 g/mol. The number of aliphatic hydroxyl groups excluding tert-OH is 1. The summed E-state index contributed by atoms with van der Waals surface area (Å²) in [6, 6.07) is 13.1. The van der Waals surface area contributed by atoms with E-state index in [-0.39, 0.29) is 24.0 Å². The molecule has 0 bridgehead atoms. The first kappa shape index (κ1) is 19.1. The Balaban J connectivity index is 1.92. The van der Waals surface area contributed by atoms with Crippen LogP contribution in [0.2, 0.25) is 0 Å². The summed E-state index contributed by atoms with van der Waals surface area (Å²) in [5.41, 5.74) is 4.02. The van der Waals surface area contributed by atoms with E-state index in [2.05, 4.69) is 6.07 Å². The van der Waals surface area contributed by atoms with Gasteiger partial charge in [-0.05, 0) is 60.2 Å². The monoisotopic (exact) mass is 368 g/mol. The largest absolute Gasteiger partial charge is 0.466 e. The minimum Gasteiger partial charge on any atom is -0.466 e. The van der Waals surface area contributed by atoms with E-state index < -0.39 is 0 Å². The van der Waals surface area contributed by atoms with Crippen LogP contribution in [0.3, 0.4) is 0 Å². The second kappa shape index (κ2) is 7.92. The number of carbonyl (C=O) groups is 2. The molecule has 1 saturated carbocycles. The van der Waals surface area contributed by atoms with Crippen molar-refractivity contribution in [2.75, 3.05) is 13.7 Å². The van der Waals surface area contributed by atoms with Gasteiger partial charge in [-0.3, -0.25) is 4.79 Å². The van der Waals surface area contributed by atoms with Gasteiger partial charge < -0.3 is 14.6 Å². The third kappa shape index (κ3) is 4.19. The number of aliphatic hydroxyl groups is 1. The Bertz CT molecular complexity index is 834. The van der Waals surface area contributed by atoms with E-state index in [1.807, 2.05) is 24.3 Å². The highest BCUT2D eigenvalue weighted by molar-refractivity contribution is 5.90. The molecule has 5 heteroatoms. The molecule has 1 aliphatic rings. The molecule has 3 rings (SSSR count). The summed E-state index contributed by atoms with van der Waals surface area (Å²) in [6.45, 7) is 2.11. The summed E-state index contributed by atoms with van der Waals surface area (Å²) in [5, 5.41) is 9.68. The second-order valence-electron chi connectivity index (χ2n) is 6.91. The zero-order valence-electron chi connectivity index (χ0n) is 15.7. The molecule has 5 nitrogen and oxygen atoms in total. The van der Waals surface area contributed by atoms with Gasteiger partial charge in [0.2, 0.25) is 0 Å². The van der Waals surface area contributed by atoms with Crippen LogP contribution in [0.15, 0.2) is 42.5 Å². The predicted octanol–water partition coefficient (Wildman–Crippen LogP) is 3.62. The van der Waals surface area contributed by atoms with Crippen molar-refractivity contribution in [3.63, 3.8) is 0 Å². The van der Waals surface area contributed by atoms with Crippen LogP contribution in [0.25, 0.3) is 11.1 Å². The molecule has 2 aromatic carbocycles. The Hall–Kier alpha value is -2.66. The molecule has 0 aliphatic heterocycles. The summed E-state index contributed by atoms with van der Waals surface area (Å²) in [6.07, 6.45) is 2.22. The van der Waals surface area contributed by atoms with Crippen molar-refractivity contribution >= 4 is 11.9 Å². The molecule has 0 spiro atoms. The summed E-state index contributed by atoms with van der Waals surface area (Å²) in [4.78, 5) is 23.6. The summed E-state index contributed by atoms with van der Waals surface area (Å²) in [7, 11) is 1.35. The molecule has 142 valence electrons. The maximum atomic E-state index is 12.0. The van der Waals surface area contributed by atoms with Gasteiger partial charge in [0.15, 0.2) is 0 Å². The highest BCUT2D eigenvalue weighted by Crippen LogP contribution is 2.52. The fraction of sp³-hybridized carbons (Fsp3) is 0.364. The molecule has 0 heterocycles. The molecule has 0 unspecified atom stereocenters. The van der Waals surface area contributed by atoms with Crippen LogP contribution in [0, 0.1) is 0 Å². The van der Waals surface area contributed by atoms with Gasteiger partial charge >= 0.3 is 11.9 Å². The summed E-state index contributed by atoms with van der Waals surface area (Å²) < 4.78 is 9.86. The second-order valence-corrected chi connectivity index (χ2v) is 6.91. The molecule has 2 aromatic rings. The number of ether oxygens (including phenoxy) is 2. The molecule has 0 aromatic heterocycles. The number of rotatable bonds is 7. The van der Waals surface area contributed by atoms with Gasteiger partial charge in [-0.2, -0.15) is 0 Å². The summed E-state index contributed by atoms with van der Waals surface area (Å²) in [5.74, 6) is -0.564. The van der Waals surface area contributed by atoms with Gasteiger partial charge in [-0.25, -0.2) is 4.79 Å². The number of hydrogen-bond donors (Lipinski definition) is 1. The molecular formula is C22H24O5. The van der Waals surface area contributed by atoms with E-state index in [9.17, 15) is 14.7 Å². The number of esters is 2. The molecule has 1 N–H and O–H groups in total. The third-order valence-electron chi connectivity index (χ3n) is 5.07. The number of hydrogen-bond acceptors (Lipinski definition) is 5. The zero-order chi connectivity index (χ0) is 19.4. The van der Waals surface area contributed by atoms with Crippen LogP contribution in [-0.2, 0) is 26.3 Å².